The van der Waals surface area contributed by atoms with E-state index in [-0.39, 0.29) is 11.3 Å². The molecule has 0 atom stereocenters. The van der Waals surface area contributed by atoms with Crippen LogP contribution in [0.2, 0.25) is 0 Å². The van der Waals surface area contributed by atoms with Gasteiger partial charge >= 0.3 is 0 Å². The average molecular weight is 239 g/mol. The maximum absolute atomic E-state index is 10.8. The Kier molecular flexibility index (Phi) is 6.09. The van der Waals surface area contributed by atoms with Crippen molar-refractivity contribution in [2.45, 2.75) is 26.3 Å². The summed E-state index contributed by atoms with van der Waals surface area (Å²) >= 11 is 1.68. The van der Waals surface area contributed by atoms with Crippen LogP contribution in [0.15, 0.2) is 0 Å². The minimum atomic E-state index is -2.78. The lowest BCUT2D eigenvalue weighted by Crippen LogP contribution is -2.37. The topological polar surface area (TPSA) is 46.2 Å². The van der Waals surface area contributed by atoms with Crippen LogP contribution in [-0.2, 0) is 9.84 Å². The van der Waals surface area contributed by atoms with E-state index in [1.807, 2.05) is 0 Å². The molecule has 86 valence electrons. The molecule has 0 aliphatic carbocycles. The molecule has 0 saturated carbocycles. The Bertz CT molecular complexity index is 242. The summed E-state index contributed by atoms with van der Waals surface area (Å²) in [4.78, 5) is 0. The maximum atomic E-state index is 10.8. The van der Waals surface area contributed by atoms with Crippen LogP contribution in [0.5, 0.6) is 0 Å². The van der Waals surface area contributed by atoms with Gasteiger partial charge in [0.05, 0.1) is 5.75 Å². The Morgan fingerprint density at radius 1 is 1.21 bits per heavy atom. The van der Waals surface area contributed by atoms with Crippen LogP contribution in [0.1, 0.15) is 20.8 Å². The summed E-state index contributed by atoms with van der Waals surface area (Å²) in [6.07, 6.45) is 1.28. The van der Waals surface area contributed by atoms with E-state index in [2.05, 4.69) is 26.1 Å². The van der Waals surface area contributed by atoms with Gasteiger partial charge in [-0.25, -0.2) is 8.42 Å². The minimum absolute atomic E-state index is 0.150. The Labute approximate surface area is 92.0 Å². The summed E-state index contributed by atoms with van der Waals surface area (Å²) in [6.45, 7) is 7.29. The summed E-state index contributed by atoms with van der Waals surface area (Å²) in [5, 5.41) is 3.35. The molecular formula is C9H21NO2S2. The summed E-state index contributed by atoms with van der Waals surface area (Å²) in [5.74, 6) is 1.95. The molecule has 0 radical (unpaired) electrons. The monoisotopic (exact) mass is 239 g/mol. The van der Waals surface area contributed by atoms with Gasteiger partial charge in [-0.05, 0) is 20.8 Å². The van der Waals surface area contributed by atoms with Crippen molar-refractivity contribution in [2.75, 3.05) is 30.1 Å². The number of sulfone groups is 1. The smallest absolute Gasteiger partial charge is 0.148 e. The first-order valence-electron chi connectivity index (χ1n) is 4.71. The second-order valence-electron chi connectivity index (χ2n) is 4.42. The first kappa shape index (κ1) is 14.3. The highest BCUT2D eigenvalue weighted by molar-refractivity contribution is 8.00. The van der Waals surface area contributed by atoms with Crippen molar-refractivity contribution in [1.82, 2.24) is 5.32 Å². The molecule has 0 heterocycles. The highest BCUT2D eigenvalue weighted by Crippen LogP contribution is 2.02. The van der Waals surface area contributed by atoms with Crippen molar-refractivity contribution >= 4 is 21.6 Å². The lowest BCUT2D eigenvalue weighted by Gasteiger charge is -2.20. The molecule has 0 saturated heterocycles. The zero-order valence-electron chi connectivity index (χ0n) is 9.46. The van der Waals surface area contributed by atoms with Crippen LogP contribution in [0.3, 0.4) is 0 Å². The summed E-state index contributed by atoms with van der Waals surface area (Å²) in [7, 11) is -2.78. The third kappa shape index (κ3) is 12.3. The molecule has 0 aromatic rings. The van der Waals surface area contributed by atoms with Crippen LogP contribution >= 0.6 is 11.8 Å². The molecule has 3 nitrogen and oxygen atoms in total. The predicted octanol–water partition coefficient (Wildman–Crippen LogP) is 1.15. The Balaban J connectivity index is 3.32. The van der Waals surface area contributed by atoms with E-state index < -0.39 is 9.84 Å². The lowest BCUT2D eigenvalue weighted by atomic mass is 10.1. The van der Waals surface area contributed by atoms with Crippen LogP contribution in [-0.4, -0.2) is 44.0 Å². The molecule has 0 rings (SSSR count). The molecule has 0 aromatic heterocycles. The zero-order chi connectivity index (χ0) is 11.2. The zero-order valence-corrected chi connectivity index (χ0v) is 11.1. The van der Waals surface area contributed by atoms with E-state index in [4.69, 9.17) is 0 Å². The molecular weight excluding hydrogens is 218 g/mol. The first-order valence-corrected chi connectivity index (χ1v) is 7.93. The average Bonchev–Trinajstić information content (AvgIpc) is 1.92. The maximum Gasteiger partial charge on any atom is 0.148 e. The molecule has 0 amide bonds. The van der Waals surface area contributed by atoms with Gasteiger partial charge in [-0.3, -0.25) is 0 Å². The highest BCUT2D eigenvalue weighted by Gasteiger charge is 2.07. The molecule has 1 N–H and O–H groups in total. The summed E-state index contributed by atoms with van der Waals surface area (Å²) in [5.41, 5.74) is 0.150. The molecule has 0 aliphatic heterocycles. The Morgan fingerprint density at radius 2 is 1.79 bits per heavy atom. The van der Waals surface area contributed by atoms with Gasteiger partial charge in [-0.1, -0.05) is 0 Å². The van der Waals surface area contributed by atoms with Crippen LogP contribution in [0.25, 0.3) is 0 Å². The van der Waals surface area contributed by atoms with Crippen molar-refractivity contribution < 1.29 is 8.42 Å². The van der Waals surface area contributed by atoms with Crippen LogP contribution < -0.4 is 5.32 Å². The Hall–Kier alpha value is 0.260. The second-order valence-corrected chi connectivity index (χ2v) is 7.90. The number of thioether (sulfide) groups is 1. The van der Waals surface area contributed by atoms with Crippen molar-refractivity contribution in [3.63, 3.8) is 0 Å². The van der Waals surface area contributed by atoms with E-state index in [0.29, 0.717) is 5.75 Å². The second kappa shape index (κ2) is 5.98. The first-order chi connectivity index (χ1) is 6.21. The van der Waals surface area contributed by atoms with Crippen molar-refractivity contribution in [1.29, 1.82) is 0 Å². The summed E-state index contributed by atoms with van der Waals surface area (Å²) in [6, 6.07) is 0. The fraction of sp³-hybridized carbons (Fsp3) is 1.00. The van der Waals surface area contributed by atoms with Crippen molar-refractivity contribution in [3.05, 3.63) is 0 Å². The van der Waals surface area contributed by atoms with Gasteiger partial charge < -0.3 is 5.32 Å². The summed E-state index contributed by atoms with van der Waals surface area (Å²) < 4.78 is 21.6. The molecule has 14 heavy (non-hydrogen) atoms. The fourth-order valence-electron chi connectivity index (χ4n) is 0.811. The number of nitrogens with one attached hydrogen (secondary N) is 1. The van der Waals surface area contributed by atoms with Crippen molar-refractivity contribution in [2.24, 2.45) is 0 Å². The normalized spacial score (nSPS) is 13.1. The van der Waals surface area contributed by atoms with Gasteiger partial charge in [0.15, 0.2) is 0 Å². The van der Waals surface area contributed by atoms with Gasteiger partial charge in [0.1, 0.15) is 9.84 Å². The van der Waals surface area contributed by atoms with Crippen molar-refractivity contribution in [3.8, 4) is 0 Å². The SMILES string of the molecule is CC(C)(C)NCCSCCS(C)(=O)=O. The molecule has 0 spiro atoms. The van der Waals surface area contributed by atoms with Crippen LogP contribution in [0, 0.1) is 0 Å². The largest absolute Gasteiger partial charge is 0.311 e. The van der Waals surface area contributed by atoms with E-state index in [1.165, 1.54) is 6.26 Å². The van der Waals surface area contributed by atoms with E-state index >= 15 is 0 Å². The number of hydrogen-bond acceptors (Lipinski definition) is 4. The van der Waals surface area contributed by atoms with E-state index in [9.17, 15) is 8.42 Å². The molecule has 0 aromatic carbocycles. The van der Waals surface area contributed by atoms with E-state index in [0.717, 1.165) is 12.3 Å². The number of hydrogen-bond donors (Lipinski definition) is 1. The highest BCUT2D eigenvalue weighted by atomic mass is 32.2. The molecule has 0 unspecified atom stereocenters. The minimum Gasteiger partial charge on any atom is -0.311 e. The molecule has 0 bridgehead atoms. The predicted molar refractivity (Wildman–Crippen MR) is 64.8 cm³/mol. The third-order valence-corrected chi connectivity index (χ3v) is 3.69. The molecule has 0 fully saturated rings. The fourth-order valence-corrected chi connectivity index (χ4v) is 2.94. The third-order valence-electron chi connectivity index (χ3n) is 1.50. The quantitative estimate of drug-likeness (QED) is 0.706. The number of rotatable bonds is 6. The van der Waals surface area contributed by atoms with Gasteiger partial charge in [0.25, 0.3) is 0 Å². The standard InChI is InChI=1S/C9H21NO2S2/c1-9(2,3)10-5-6-13-7-8-14(4,11)12/h10H,5-8H2,1-4H3. The Morgan fingerprint density at radius 3 is 2.21 bits per heavy atom. The van der Waals surface area contributed by atoms with Gasteiger partial charge in [-0.2, -0.15) is 11.8 Å². The lowest BCUT2D eigenvalue weighted by molar-refractivity contribution is 0.441. The molecule has 5 heteroatoms. The van der Waals surface area contributed by atoms with Gasteiger partial charge in [-0.15, -0.1) is 0 Å². The van der Waals surface area contributed by atoms with Gasteiger partial charge in [0.2, 0.25) is 0 Å². The van der Waals surface area contributed by atoms with E-state index in [1.54, 1.807) is 11.8 Å². The van der Waals surface area contributed by atoms with Crippen LogP contribution in [0.4, 0.5) is 0 Å². The molecule has 0 aliphatic rings. The van der Waals surface area contributed by atoms with Gasteiger partial charge in [0, 0.05) is 29.8 Å².